The van der Waals surface area contributed by atoms with Crippen molar-refractivity contribution >= 4 is 5.97 Å². The second-order valence-electron chi connectivity index (χ2n) is 7.13. The summed E-state index contributed by atoms with van der Waals surface area (Å²) in [7, 11) is 0. The largest absolute Gasteiger partial charge is 0.481 e. The second kappa shape index (κ2) is 6.41. The molecule has 2 aliphatic heterocycles. The van der Waals surface area contributed by atoms with E-state index in [4.69, 9.17) is 0 Å². The van der Waals surface area contributed by atoms with Crippen molar-refractivity contribution in [2.75, 3.05) is 13.1 Å². The molecule has 1 saturated heterocycles. The van der Waals surface area contributed by atoms with Crippen LogP contribution in [0.5, 0.6) is 0 Å². The standard InChI is InChI=1S/C17H27N3O2/c1-12(2)19-7-5-13(6-8-19)9-16-18-10-15-4-3-14(17(21)22)11-20(15)16/h10,12-14H,3-9,11H2,1-2H3,(H,21,22). The third-order valence-electron chi connectivity index (χ3n) is 5.37. The van der Waals surface area contributed by atoms with Crippen LogP contribution < -0.4 is 0 Å². The summed E-state index contributed by atoms with van der Waals surface area (Å²) in [6.07, 6.45) is 6.99. The van der Waals surface area contributed by atoms with Crippen molar-refractivity contribution in [1.29, 1.82) is 0 Å². The van der Waals surface area contributed by atoms with Crippen molar-refractivity contribution in [1.82, 2.24) is 14.5 Å². The van der Waals surface area contributed by atoms with E-state index >= 15 is 0 Å². The minimum atomic E-state index is -0.671. The van der Waals surface area contributed by atoms with Crippen molar-refractivity contribution in [3.63, 3.8) is 0 Å². The molecule has 2 aliphatic rings. The van der Waals surface area contributed by atoms with E-state index < -0.39 is 5.97 Å². The van der Waals surface area contributed by atoms with Gasteiger partial charge in [-0.3, -0.25) is 4.79 Å². The van der Waals surface area contributed by atoms with Crippen LogP contribution in [0.4, 0.5) is 0 Å². The lowest BCUT2D eigenvalue weighted by Crippen LogP contribution is -2.39. The molecule has 1 atom stereocenters. The molecule has 0 saturated carbocycles. The van der Waals surface area contributed by atoms with Crippen LogP contribution in [0.2, 0.25) is 0 Å². The Morgan fingerprint density at radius 3 is 2.73 bits per heavy atom. The van der Waals surface area contributed by atoms with E-state index in [0.29, 0.717) is 18.5 Å². The van der Waals surface area contributed by atoms with E-state index in [1.807, 2.05) is 6.20 Å². The Balaban J connectivity index is 1.63. The molecule has 122 valence electrons. The average molecular weight is 305 g/mol. The maximum Gasteiger partial charge on any atom is 0.308 e. The van der Waals surface area contributed by atoms with Crippen LogP contribution in [0.1, 0.15) is 44.6 Å². The third kappa shape index (κ3) is 3.19. The molecule has 0 aliphatic carbocycles. The summed E-state index contributed by atoms with van der Waals surface area (Å²) in [6.45, 7) is 7.47. The summed E-state index contributed by atoms with van der Waals surface area (Å²) in [5, 5.41) is 9.26. The van der Waals surface area contributed by atoms with Gasteiger partial charge in [-0.25, -0.2) is 4.98 Å². The highest BCUT2D eigenvalue weighted by Gasteiger charge is 2.28. The zero-order valence-electron chi connectivity index (χ0n) is 13.7. The van der Waals surface area contributed by atoms with Gasteiger partial charge in [0.25, 0.3) is 0 Å². The molecular weight excluding hydrogens is 278 g/mol. The number of rotatable bonds is 4. The fourth-order valence-electron chi connectivity index (χ4n) is 3.81. The van der Waals surface area contributed by atoms with Gasteiger partial charge in [0.05, 0.1) is 5.92 Å². The molecule has 1 unspecified atom stereocenters. The van der Waals surface area contributed by atoms with E-state index in [1.165, 1.54) is 31.6 Å². The van der Waals surface area contributed by atoms with Gasteiger partial charge in [-0.1, -0.05) is 0 Å². The van der Waals surface area contributed by atoms with Crippen molar-refractivity contribution < 1.29 is 9.90 Å². The molecule has 0 amide bonds. The molecular formula is C17H27N3O2. The zero-order chi connectivity index (χ0) is 15.7. The minimum absolute atomic E-state index is 0.247. The monoisotopic (exact) mass is 305 g/mol. The van der Waals surface area contributed by atoms with Crippen LogP contribution in [0.25, 0.3) is 0 Å². The quantitative estimate of drug-likeness (QED) is 0.926. The SMILES string of the molecule is CC(C)N1CCC(Cc2ncc3n2CC(C(=O)O)CC3)CC1. The number of piperidine rings is 1. The van der Waals surface area contributed by atoms with Crippen LogP contribution >= 0.6 is 0 Å². The Morgan fingerprint density at radius 2 is 2.09 bits per heavy atom. The minimum Gasteiger partial charge on any atom is -0.481 e. The molecule has 0 spiro atoms. The van der Waals surface area contributed by atoms with E-state index in [0.717, 1.165) is 25.1 Å². The molecule has 3 rings (SSSR count). The Hall–Kier alpha value is -1.36. The smallest absolute Gasteiger partial charge is 0.308 e. The number of hydrogen-bond acceptors (Lipinski definition) is 3. The predicted octanol–water partition coefficient (Wildman–Crippen LogP) is 2.19. The van der Waals surface area contributed by atoms with Gasteiger partial charge in [0.2, 0.25) is 0 Å². The molecule has 0 bridgehead atoms. The highest BCUT2D eigenvalue weighted by molar-refractivity contribution is 5.70. The first-order valence-electron chi connectivity index (χ1n) is 8.54. The van der Waals surface area contributed by atoms with Gasteiger partial charge >= 0.3 is 5.97 Å². The number of carbonyl (C=O) groups is 1. The fraction of sp³-hybridized carbons (Fsp3) is 0.765. The summed E-state index contributed by atoms with van der Waals surface area (Å²) in [4.78, 5) is 18.4. The van der Waals surface area contributed by atoms with Gasteiger partial charge in [-0.05, 0) is 58.5 Å². The molecule has 1 aromatic heterocycles. The van der Waals surface area contributed by atoms with Crippen molar-refractivity contribution in [3.8, 4) is 0 Å². The second-order valence-corrected chi connectivity index (χ2v) is 7.13. The van der Waals surface area contributed by atoms with Crippen molar-refractivity contribution in [3.05, 3.63) is 17.7 Å². The molecule has 0 radical (unpaired) electrons. The highest BCUT2D eigenvalue weighted by atomic mass is 16.4. The molecule has 1 aromatic rings. The lowest BCUT2D eigenvalue weighted by atomic mass is 9.92. The lowest BCUT2D eigenvalue weighted by molar-refractivity contribution is -0.142. The molecule has 1 fully saturated rings. The number of imidazole rings is 1. The Morgan fingerprint density at radius 1 is 1.36 bits per heavy atom. The number of likely N-dealkylation sites (tertiary alicyclic amines) is 1. The average Bonchev–Trinajstić information content (AvgIpc) is 2.90. The van der Waals surface area contributed by atoms with E-state index in [9.17, 15) is 9.90 Å². The van der Waals surface area contributed by atoms with Crippen LogP contribution in [0, 0.1) is 11.8 Å². The maximum absolute atomic E-state index is 11.2. The predicted molar refractivity (Wildman–Crippen MR) is 84.8 cm³/mol. The van der Waals surface area contributed by atoms with Gasteiger partial charge in [0, 0.05) is 30.9 Å². The zero-order valence-corrected chi connectivity index (χ0v) is 13.7. The number of aromatic nitrogens is 2. The summed E-state index contributed by atoms with van der Waals surface area (Å²) in [5.74, 6) is 0.870. The molecule has 1 N–H and O–H groups in total. The summed E-state index contributed by atoms with van der Waals surface area (Å²) in [6, 6.07) is 0.636. The fourth-order valence-corrected chi connectivity index (χ4v) is 3.81. The first-order valence-corrected chi connectivity index (χ1v) is 8.54. The Labute approximate surface area is 132 Å². The Kier molecular flexibility index (Phi) is 4.52. The number of aryl methyl sites for hydroxylation is 1. The number of hydrogen-bond donors (Lipinski definition) is 1. The summed E-state index contributed by atoms with van der Waals surface area (Å²) >= 11 is 0. The van der Waals surface area contributed by atoms with E-state index in [2.05, 4.69) is 28.3 Å². The molecule has 0 aromatic carbocycles. The van der Waals surface area contributed by atoms with Gasteiger partial charge in [0.1, 0.15) is 5.82 Å². The lowest BCUT2D eigenvalue weighted by Gasteiger charge is -2.34. The van der Waals surface area contributed by atoms with Crippen LogP contribution in [-0.4, -0.2) is 44.7 Å². The van der Waals surface area contributed by atoms with E-state index in [-0.39, 0.29) is 5.92 Å². The van der Waals surface area contributed by atoms with Gasteiger partial charge < -0.3 is 14.6 Å². The number of fused-ring (bicyclic) bond motifs is 1. The third-order valence-corrected chi connectivity index (χ3v) is 5.37. The number of nitrogens with zero attached hydrogens (tertiary/aromatic N) is 3. The number of carboxylic acids is 1. The number of carboxylic acid groups (broad SMARTS) is 1. The van der Waals surface area contributed by atoms with Gasteiger partial charge in [-0.15, -0.1) is 0 Å². The Bertz CT molecular complexity index is 530. The van der Waals surface area contributed by atoms with Gasteiger partial charge in [-0.2, -0.15) is 0 Å². The molecule has 3 heterocycles. The topological polar surface area (TPSA) is 58.4 Å². The molecule has 5 heteroatoms. The molecule has 5 nitrogen and oxygen atoms in total. The van der Waals surface area contributed by atoms with E-state index in [1.54, 1.807) is 0 Å². The first kappa shape index (κ1) is 15.5. The highest BCUT2D eigenvalue weighted by Crippen LogP contribution is 2.26. The van der Waals surface area contributed by atoms with Crippen LogP contribution in [-0.2, 0) is 24.2 Å². The van der Waals surface area contributed by atoms with Crippen LogP contribution in [0.3, 0.4) is 0 Å². The number of aliphatic carboxylic acids is 1. The van der Waals surface area contributed by atoms with Gasteiger partial charge in [0.15, 0.2) is 0 Å². The molecule has 22 heavy (non-hydrogen) atoms. The van der Waals surface area contributed by atoms with Crippen LogP contribution in [0.15, 0.2) is 6.20 Å². The first-order chi connectivity index (χ1) is 10.5. The summed E-state index contributed by atoms with van der Waals surface area (Å²) in [5.41, 5.74) is 1.21. The van der Waals surface area contributed by atoms with Crippen molar-refractivity contribution in [2.45, 2.75) is 58.5 Å². The van der Waals surface area contributed by atoms with Crippen molar-refractivity contribution in [2.24, 2.45) is 11.8 Å². The normalized spacial score (nSPS) is 23.7. The maximum atomic E-state index is 11.2. The summed E-state index contributed by atoms with van der Waals surface area (Å²) < 4.78 is 2.18.